The molecule has 4 rings (SSSR count). The Morgan fingerprint density at radius 3 is 2.92 bits per heavy atom. The van der Waals surface area contributed by atoms with Crippen molar-refractivity contribution in [1.82, 2.24) is 29.5 Å². The number of para-hydroxylation sites is 2. The first-order valence-electron chi connectivity index (χ1n) is 8.63. The van der Waals surface area contributed by atoms with Gasteiger partial charge in [-0.05, 0) is 31.5 Å². The van der Waals surface area contributed by atoms with E-state index < -0.39 is 0 Å². The Kier molecular flexibility index (Phi) is 4.12. The fourth-order valence-electron chi connectivity index (χ4n) is 3.22. The zero-order valence-electron chi connectivity index (χ0n) is 14.8. The Morgan fingerprint density at radius 2 is 2.08 bits per heavy atom. The molecule has 0 radical (unpaired) electrons. The number of nitrogens with one attached hydrogen (secondary N) is 1. The Balaban J connectivity index is 1.40. The predicted octanol–water partition coefficient (Wildman–Crippen LogP) is 2.29. The lowest BCUT2D eigenvalue weighted by Gasteiger charge is -2.05. The van der Waals surface area contributed by atoms with Crippen LogP contribution in [0.1, 0.15) is 28.3 Å². The molecule has 7 heteroatoms. The number of benzene rings is 1. The first kappa shape index (κ1) is 16.3. The highest BCUT2D eigenvalue weighted by molar-refractivity contribution is 6.00. The van der Waals surface area contributed by atoms with Gasteiger partial charge in [-0.1, -0.05) is 12.1 Å². The molecule has 1 N–H and O–H groups in total. The molecule has 0 aliphatic carbocycles. The molecule has 3 aromatic heterocycles. The lowest BCUT2D eigenvalue weighted by molar-refractivity contribution is 0.0954. The smallest absolute Gasteiger partial charge is 0.257 e. The Morgan fingerprint density at radius 1 is 1.23 bits per heavy atom. The minimum atomic E-state index is -0.138. The minimum absolute atomic E-state index is 0.138. The van der Waals surface area contributed by atoms with Crippen molar-refractivity contribution in [3.05, 3.63) is 59.8 Å². The van der Waals surface area contributed by atoms with Crippen LogP contribution in [0.5, 0.6) is 0 Å². The molecular formula is C19H20N6O. The SMILES string of the molecule is Cc1nn2cccnc2c1C(=O)NCCCc1nc2ccccc2n1C. The van der Waals surface area contributed by atoms with Crippen LogP contribution in [0.3, 0.4) is 0 Å². The molecule has 1 amide bonds. The molecule has 26 heavy (non-hydrogen) atoms. The van der Waals surface area contributed by atoms with E-state index in [1.807, 2.05) is 32.2 Å². The van der Waals surface area contributed by atoms with Crippen LogP contribution in [0.15, 0.2) is 42.7 Å². The second kappa shape index (κ2) is 6.59. The van der Waals surface area contributed by atoms with Crippen LogP contribution in [-0.2, 0) is 13.5 Å². The fraction of sp³-hybridized carbons (Fsp3) is 0.263. The number of carbonyl (C=O) groups excluding carboxylic acids is 1. The number of aryl methyl sites for hydroxylation is 3. The third kappa shape index (κ3) is 2.81. The lowest BCUT2D eigenvalue weighted by atomic mass is 10.2. The second-order valence-electron chi connectivity index (χ2n) is 6.28. The number of amides is 1. The summed E-state index contributed by atoms with van der Waals surface area (Å²) in [5.74, 6) is 0.885. The topological polar surface area (TPSA) is 77.1 Å². The summed E-state index contributed by atoms with van der Waals surface area (Å²) in [4.78, 5) is 21.5. The monoisotopic (exact) mass is 348 g/mol. The molecule has 7 nitrogen and oxygen atoms in total. The van der Waals surface area contributed by atoms with Gasteiger partial charge in [-0.15, -0.1) is 0 Å². The van der Waals surface area contributed by atoms with Crippen molar-refractivity contribution in [3.8, 4) is 0 Å². The molecule has 0 aliphatic rings. The molecule has 4 aromatic rings. The van der Waals surface area contributed by atoms with Crippen LogP contribution in [-0.4, -0.2) is 36.6 Å². The molecule has 0 spiro atoms. The molecule has 132 valence electrons. The quantitative estimate of drug-likeness (QED) is 0.561. The Bertz CT molecular complexity index is 1090. The van der Waals surface area contributed by atoms with E-state index in [4.69, 9.17) is 0 Å². The van der Waals surface area contributed by atoms with Crippen molar-refractivity contribution in [2.45, 2.75) is 19.8 Å². The van der Waals surface area contributed by atoms with Gasteiger partial charge in [0.05, 0.1) is 16.7 Å². The number of rotatable bonds is 5. The van der Waals surface area contributed by atoms with Crippen LogP contribution in [0.25, 0.3) is 16.7 Å². The summed E-state index contributed by atoms with van der Waals surface area (Å²) in [6.45, 7) is 2.40. The van der Waals surface area contributed by atoms with E-state index in [1.165, 1.54) is 0 Å². The van der Waals surface area contributed by atoms with Gasteiger partial charge in [0.2, 0.25) is 0 Å². The summed E-state index contributed by atoms with van der Waals surface area (Å²) < 4.78 is 3.74. The van der Waals surface area contributed by atoms with Gasteiger partial charge in [-0.25, -0.2) is 14.5 Å². The van der Waals surface area contributed by atoms with Crippen LogP contribution in [0.4, 0.5) is 0 Å². The van der Waals surface area contributed by atoms with Gasteiger partial charge in [0, 0.05) is 32.4 Å². The van der Waals surface area contributed by atoms with Gasteiger partial charge in [0.15, 0.2) is 5.65 Å². The summed E-state index contributed by atoms with van der Waals surface area (Å²) in [5, 5.41) is 7.30. The maximum Gasteiger partial charge on any atom is 0.257 e. The van der Waals surface area contributed by atoms with Crippen molar-refractivity contribution in [1.29, 1.82) is 0 Å². The highest BCUT2D eigenvalue weighted by Gasteiger charge is 2.17. The highest BCUT2D eigenvalue weighted by Crippen LogP contribution is 2.15. The normalized spacial score (nSPS) is 11.3. The van der Waals surface area contributed by atoms with E-state index in [2.05, 4.69) is 31.0 Å². The zero-order chi connectivity index (χ0) is 18.1. The molecule has 0 atom stereocenters. The standard InChI is InChI=1S/C19H20N6O/c1-13-17(18-20-11-6-12-25(18)23-13)19(26)21-10-5-9-16-22-14-7-3-4-8-15(14)24(16)2/h3-4,6-8,11-12H,5,9-10H2,1-2H3,(H,21,26). The number of nitrogens with zero attached hydrogens (tertiary/aromatic N) is 5. The molecule has 0 unspecified atom stereocenters. The maximum absolute atomic E-state index is 12.5. The number of fused-ring (bicyclic) bond motifs is 2. The molecule has 0 saturated heterocycles. The van der Waals surface area contributed by atoms with Crippen LogP contribution >= 0.6 is 0 Å². The molecule has 0 aliphatic heterocycles. The van der Waals surface area contributed by atoms with Crippen molar-refractivity contribution in [2.24, 2.45) is 7.05 Å². The number of hydrogen-bond acceptors (Lipinski definition) is 4. The number of carbonyl (C=O) groups is 1. The number of imidazole rings is 1. The van der Waals surface area contributed by atoms with Crippen molar-refractivity contribution in [2.75, 3.05) is 6.54 Å². The van der Waals surface area contributed by atoms with E-state index in [9.17, 15) is 4.79 Å². The first-order valence-corrected chi connectivity index (χ1v) is 8.63. The van der Waals surface area contributed by atoms with Crippen LogP contribution < -0.4 is 5.32 Å². The largest absolute Gasteiger partial charge is 0.352 e. The Hall–Kier alpha value is -3.22. The van der Waals surface area contributed by atoms with E-state index in [0.717, 1.165) is 29.7 Å². The van der Waals surface area contributed by atoms with Crippen molar-refractivity contribution >= 4 is 22.6 Å². The van der Waals surface area contributed by atoms with Crippen LogP contribution in [0.2, 0.25) is 0 Å². The van der Waals surface area contributed by atoms with Crippen molar-refractivity contribution in [3.63, 3.8) is 0 Å². The minimum Gasteiger partial charge on any atom is -0.352 e. The summed E-state index contributed by atoms with van der Waals surface area (Å²) in [6, 6.07) is 9.88. The molecule has 0 fully saturated rings. The molecule has 0 saturated carbocycles. The molecule has 3 heterocycles. The van der Waals surface area contributed by atoms with Gasteiger partial charge >= 0.3 is 0 Å². The maximum atomic E-state index is 12.5. The summed E-state index contributed by atoms with van der Waals surface area (Å²) in [5.41, 5.74) is 3.92. The van der Waals surface area contributed by atoms with E-state index in [-0.39, 0.29) is 5.91 Å². The van der Waals surface area contributed by atoms with Gasteiger partial charge in [0.1, 0.15) is 11.4 Å². The lowest BCUT2D eigenvalue weighted by Crippen LogP contribution is -2.25. The van der Waals surface area contributed by atoms with E-state index >= 15 is 0 Å². The molecule has 0 bridgehead atoms. The fourth-order valence-corrected chi connectivity index (χ4v) is 3.22. The second-order valence-corrected chi connectivity index (χ2v) is 6.28. The summed E-state index contributed by atoms with van der Waals surface area (Å²) in [7, 11) is 2.03. The van der Waals surface area contributed by atoms with E-state index in [1.54, 1.807) is 23.0 Å². The first-order chi connectivity index (χ1) is 12.6. The summed E-state index contributed by atoms with van der Waals surface area (Å²) in [6.07, 6.45) is 5.07. The third-order valence-corrected chi connectivity index (χ3v) is 4.54. The van der Waals surface area contributed by atoms with Gasteiger partial charge in [-0.2, -0.15) is 5.10 Å². The van der Waals surface area contributed by atoms with E-state index in [0.29, 0.717) is 23.4 Å². The average molecular weight is 348 g/mol. The molecule has 1 aromatic carbocycles. The number of hydrogen-bond donors (Lipinski definition) is 1. The third-order valence-electron chi connectivity index (χ3n) is 4.54. The van der Waals surface area contributed by atoms with Crippen LogP contribution in [0, 0.1) is 6.92 Å². The predicted molar refractivity (Wildman–Crippen MR) is 99.1 cm³/mol. The highest BCUT2D eigenvalue weighted by atomic mass is 16.1. The summed E-state index contributed by atoms with van der Waals surface area (Å²) >= 11 is 0. The Labute approximate surface area is 150 Å². The van der Waals surface area contributed by atoms with Crippen molar-refractivity contribution < 1.29 is 4.79 Å². The zero-order valence-corrected chi connectivity index (χ0v) is 14.8. The molecular weight excluding hydrogens is 328 g/mol. The van der Waals surface area contributed by atoms with Gasteiger partial charge in [0.25, 0.3) is 5.91 Å². The average Bonchev–Trinajstić information content (AvgIpc) is 3.15. The number of aromatic nitrogens is 5. The van der Waals surface area contributed by atoms with Gasteiger partial charge in [-0.3, -0.25) is 4.79 Å². The van der Waals surface area contributed by atoms with Gasteiger partial charge < -0.3 is 9.88 Å².